The average molecular weight is 242 g/mol. The number of hydrogen-bond acceptors (Lipinski definition) is 4. The van der Waals surface area contributed by atoms with E-state index < -0.39 is 0 Å². The number of methoxy groups -OCH3 is 1. The van der Waals surface area contributed by atoms with Gasteiger partial charge < -0.3 is 10.1 Å². The molecular formula is C11H18N2O2S. The first-order chi connectivity index (χ1) is 7.76. The van der Waals surface area contributed by atoms with Crippen molar-refractivity contribution in [1.82, 2.24) is 4.98 Å². The minimum atomic E-state index is 0.0419. The van der Waals surface area contributed by atoms with Gasteiger partial charge in [0.25, 0.3) is 0 Å². The van der Waals surface area contributed by atoms with Crippen molar-refractivity contribution in [2.45, 2.75) is 32.6 Å². The molecule has 0 saturated heterocycles. The number of thiazole rings is 1. The summed E-state index contributed by atoms with van der Waals surface area (Å²) in [5.41, 5.74) is 0. The van der Waals surface area contributed by atoms with Gasteiger partial charge in [-0.25, -0.2) is 4.98 Å². The molecule has 1 aromatic heterocycles. The Kier molecular flexibility index (Phi) is 6.03. The number of nitrogens with one attached hydrogen (secondary N) is 1. The minimum Gasteiger partial charge on any atom is -0.385 e. The number of aryl methyl sites for hydroxylation is 1. The second-order valence-electron chi connectivity index (χ2n) is 3.53. The smallest absolute Gasteiger partial charge is 0.226 e. The summed E-state index contributed by atoms with van der Waals surface area (Å²) in [5.74, 6) is 0.0419. The predicted octanol–water partition coefficient (Wildman–Crippen LogP) is 2.46. The zero-order valence-electron chi connectivity index (χ0n) is 9.78. The van der Waals surface area contributed by atoms with Crippen molar-refractivity contribution in [3.8, 4) is 0 Å². The third-order valence-electron chi connectivity index (χ3n) is 2.05. The second-order valence-corrected chi connectivity index (χ2v) is 4.64. The van der Waals surface area contributed by atoms with Crippen LogP contribution in [-0.4, -0.2) is 24.6 Å². The van der Waals surface area contributed by atoms with Crippen LogP contribution in [0.1, 0.15) is 31.1 Å². The van der Waals surface area contributed by atoms with E-state index in [-0.39, 0.29) is 5.91 Å². The highest BCUT2D eigenvalue weighted by molar-refractivity contribution is 7.15. The zero-order valence-corrected chi connectivity index (χ0v) is 10.6. The first kappa shape index (κ1) is 13.1. The van der Waals surface area contributed by atoms with E-state index in [9.17, 15) is 4.79 Å². The maximum atomic E-state index is 11.3. The largest absolute Gasteiger partial charge is 0.385 e. The number of anilines is 1. The van der Waals surface area contributed by atoms with Crippen LogP contribution in [-0.2, 0) is 16.0 Å². The van der Waals surface area contributed by atoms with Crippen LogP contribution in [0, 0.1) is 0 Å². The number of ether oxygens (including phenoxy) is 1. The van der Waals surface area contributed by atoms with Gasteiger partial charge in [0.2, 0.25) is 5.91 Å². The van der Waals surface area contributed by atoms with E-state index in [1.807, 2.05) is 13.1 Å². The molecule has 5 heteroatoms. The van der Waals surface area contributed by atoms with Crippen LogP contribution in [0.4, 0.5) is 5.13 Å². The SMILES string of the molecule is CCCC(=O)Nc1ncc(CCCOC)s1. The molecule has 0 aromatic carbocycles. The molecule has 0 unspecified atom stereocenters. The molecular weight excluding hydrogens is 224 g/mol. The quantitative estimate of drug-likeness (QED) is 0.747. The lowest BCUT2D eigenvalue weighted by atomic mass is 10.3. The molecule has 90 valence electrons. The monoisotopic (exact) mass is 242 g/mol. The Bertz CT molecular complexity index is 326. The van der Waals surface area contributed by atoms with Gasteiger partial charge in [-0.3, -0.25) is 4.79 Å². The highest BCUT2D eigenvalue weighted by Gasteiger charge is 2.05. The second kappa shape index (κ2) is 7.35. The highest BCUT2D eigenvalue weighted by Crippen LogP contribution is 2.19. The van der Waals surface area contributed by atoms with Crippen molar-refractivity contribution in [3.63, 3.8) is 0 Å². The molecule has 0 saturated carbocycles. The van der Waals surface area contributed by atoms with Gasteiger partial charge in [-0.15, -0.1) is 11.3 Å². The van der Waals surface area contributed by atoms with Crippen molar-refractivity contribution in [3.05, 3.63) is 11.1 Å². The van der Waals surface area contributed by atoms with E-state index in [1.54, 1.807) is 7.11 Å². The average Bonchev–Trinajstić information content (AvgIpc) is 2.66. The minimum absolute atomic E-state index is 0.0419. The number of carbonyl (C=O) groups excluding carboxylic acids is 1. The van der Waals surface area contributed by atoms with Crippen molar-refractivity contribution >= 4 is 22.4 Å². The van der Waals surface area contributed by atoms with Crippen LogP contribution in [0.5, 0.6) is 0 Å². The summed E-state index contributed by atoms with van der Waals surface area (Å²) in [6, 6.07) is 0. The predicted molar refractivity (Wildman–Crippen MR) is 65.8 cm³/mol. The van der Waals surface area contributed by atoms with E-state index in [0.29, 0.717) is 11.6 Å². The summed E-state index contributed by atoms with van der Waals surface area (Å²) >= 11 is 1.54. The Hall–Kier alpha value is -0.940. The van der Waals surface area contributed by atoms with Gasteiger partial charge in [0, 0.05) is 31.2 Å². The molecule has 1 N–H and O–H groups in total. The van der Waals surface area contributed by atoms with Gasteiger partial charge in [0.1, 0.15) is 0 Å². The van der Waals surface area contributed by atoms with Crippen molar-refractivity contribution in [1.29, 1.82) is 0 Å². The number of hydrogen-bond donors (Lipinski definition) is 1. The third-order valence-corrected chi connectivity index (χ3v) is 3.02. The Labute approximate surface area is 100 Å². The summed E-state index contributed by atoms with van der Waals surface area (Å²) in [4.78, 5) is 16.7. The van der Waals surface area contributed by atoms with Crippen LogP contribution in [0.15, 0.2) is 6.20 Å². The van der Waals surface area contributed by atoms with E-state index in [2.05, 4.69) is 10.3 Å². The molecule has 0 fully saturated rings. The Morgan fingerprint density at radius 1 is 1.62 bits per heavy atom. The van der Waals surface area contributed by atoms with Gasteiger partial charge in [0.05, 0.1) is 0 Å². The fourth-order valence-corrected chi connectivity index (χ4v) is 2.15. The van der Waals surface area contributed by atoms with Crippen LogP contribution in [0.2, 0.25) is 0 Å². The maximum Gasteiger partial charge on any atom is 0.226 e. The first-order valence-corrected chi connectivity index (χ1v) is 6.31. The van der Waals surface area contributed by atoms with Gasteiger partial charge in [-0.1, -0.05) is 6.92 Å². The summed E-state index contributed by atoms with van der Waals surface area (Å²) < 4.78 is 4.98. The molecule has 1 heterocycles. The Balaban J connectivity index is 2.36. The van der Waals surface area contributed by atoms with Crippen LogP contribution in [0.3, 0.4) is 0 Å². The molecule has 0 aliphatic heterocycles. The van der Waals surface area contributed by atoms with Gasteiger partial charge >= 0.3 is 0 Å². The third kappa shape index (κ3) is 4.72. The van der Waals surface area contributed by atoms with E-state index in [1.165, 1.54) is 16.2 Å². The lowest BCUT2D eigenvalue weighted by Crippen LogP contribution is -2.09. The molecule has 1 rings (SSSR count). The molecule has 16 heavy (non-hydrogen) atoms. The topological polar surface area (TPSA) is 51.2 Å². The highest BCUT2D eigenvalue weighted by atomic mass is 32.1. The summed E-state index contributed by atoms with van der Waals surface area (Å²) in [6.45, 7) is 2.74. The molecule has 0 atom stereocenters. The number of aromatic nitrogens is 1. The summed E-state index contributed by atoms with van der Waals surface area (Å²) in [5, 5.41) is 3.49. The maximum absolute atomic E-state index is 11.3. The zero-order chi connectivity index (χ0) is 11.8. The van der Waals surface area contributed by atoms with Gasteiger partial charge in [-0.2, -0.15) is 0 Å². The number of carbonyl (C=O) groups is 1. The molecule has 0 spiro atoms. The summed E-state index contributed by atoms with van der Waals surface area (Å²) in [7, 11) is 1.70. The molecule has 0 aliphatic carbocycles. The Morgan fingerprint density at radius 2 is 2.44 bits per heavy atom. The fourth-order valence-electron chi connectivity index (χ4n) is 1.28. The molecule has 1 aromatic rings. The standard InChI is InChI=1S/C11H18N2O2S/c1-3-5-10(14)13-11-12-8-9(16-11)6-4-7-15-2/h8H,3-7H2,1-2H3,(H,12,13,14). The molecule has 0 bridgehead atoms. The molecule has 0 radical (unpaired) electrons. The van der Waals surface area contributed by atoms with Crippen LogP contribution in [0.25, 0.3) is 0 Å². The van der Waals surface area contributed by atoms with Gasteiger partial charge in [-0.05, 0) is 19.3 Å². The number of nitrogens with zero attached hydrogens (tertiary/aromatic N) is 1. The van der Waals surface area contributed by atoms with Crippen LogP contribution < -0.4 is 5.32 Å². The van der Waals surface area contributed by atoms with E-state index in [4.69, 9.17) is 4.74 Å². The van der Waals surface area contributed by atoms with Crippen LogP contribution >= 0.6 is 11.3 Å². The first-order valence-electron chi connectivity index (χ1n) is 5.49. The lowest BCUT2D eigenvalue weighted by Gasteiger charge is -1.98. The van der Waals surface area contributed by atoms with Gasteiger partial charge in [0.15, 0.2) is 5.13 Å². The number of rotatable bonds is 7. The molecule has 1 amide bonds. The Morgan fingerprint density at radius 3 is 3.12 bits per heavy atom. The van der Waals surface area contributed by atoms with Crippen molar-refractivity contribution in [2.75, 3.05) is 19.0 Å². The molecule has 0 aliphatic rings. The van der Waals surface area contributed by atoms with Crippen molar-refractivity contribution in [2.24, 2.45) is 0 Å². The fraction of sp³-hybridized carbons (Fsp3) is 0.636. The molecule has 4 nitrogen and oxygen atoms in total. The summed E-state index contributed by atoms with van der Waals surface area (Å²) in [6.07, 6.45) is 5.18. The lowest BCUT2D eigenvalue weighted by molar-refractivity contribution is -0.116. The normalized spacial score (nSPS) is 10.4. The van der Waals surface area contributed by atoms with E-state index in [0.717, 1.165) is 25.9 Å². The van der Waals surface area contributed by atoms with Crippen molar-refractivity contribution < 1.29 is 9.53 Å². The van der Waals surface area contributed by atoms with E-state index >= 15 is 0 Å². The number of amides is 1.